The van der Waals surface area contributed by atoms with Gasteiger partial charge in [0.15, 0.2) is 5.75 Å². The van der Waals surface area contributed by atoms with E-state index in [1.54, 1.807) is 0 Å². The first kappa shape index (κ1) is 17.5. The molecule has 6 nitrogen and oxygen atoms in total. The second-order valence-corrected chi connectivity index (χ2v) is 6.78. The first-order valence-corrected chi connectivity index (χ1v) is 7.89. The Hall–Kier alpha value is -1.55. The van der Waals surface area contributed by atoms with Crippen LogP contribution in [0, 0.1) is 10.1 Å². The highest BCUT2D eigenvalue weighted by Crippen LogP contribution is 2.36. The Morgan fingerprint density at radius 3 is 2.43 bits per heavy atom. The number of benzene rings is 1. The van der Waals surface area contributed by atoms with Gasteiger partial charge in [0.1, 0.15) is 0 Å². The topological polar surface area (TPSA) is 86.5 Å². The van der Waals surface area contributed by atoms with Gasteiger partial charge in [-0.1, -0.05) is 0 Å². The predicted octanol–water partition coefficient (Wildman–Crippen LogP) is 2.95. The number of nitro groups is 1. The lowest BCUT2D eigenvalue weighted by molar-refractivity contribution is -0.386. The summed E-state index contributed by atoms with van der Waals surface area (Å²) in [7, 11) is 1.23. The van der Waals surface area contributed by atoms with E-state index in [1.807, 2.05) is 0 Å². The van der Waals surface area contributed by atoms with E-state index in [2.05, 4.69) is 0 Å². The molecule has 0 fully saturated rings. The van der Waals surface area contributed by atoms with Crippen molar-refractivity contribution < 1.29 is 31.2 Å². The summed E-state index contributed by atoms with van der Waals surface area (Å²) in [5.74, 6) is -0.789. The molecule has 1 rings (SSSR count). The third kappa shape index (κ3) is 5.76. The van der Waals surface area contributed by atoms with Crippen molar-refractivity contribution in [1.29, 1.82) is 0 Å². The van der Waals surface area contributed by atoms with Gasteiger partial charge >= 0.3 is 11.9 Å². The first-order valence-electron chi connectivity index (χ1n) is 5.41. The van der Waals surface area contributed by atoms with Gasteiger partial charge in [-0.2, -0.15) is 13.2 Å². The van der Waals surface area contributed by atoms with Gasteiger partial charge in [-0.3, -0.25) is 10.1 Å². The fourth-order valence-electron chi connectivity index (χ4n) is 1.37. The minimum atomic E-state index is -4.71. The minimum Gasteiger partial charge on any atom is -0.487 e. The van der Waals surface area contributed by atoms with Crippen molar-refractivity contribution in [2.75, 3.05) is 12.4 Å². The summed E-state index contributed by atoms with van der Waals surface area (Å²) in [4.78, 5) is 9.72. The molecule has 0 atom stereocenters. The van der Waals surface area contributed by atoms with Crippen LogP contribution in [0.1, 0.15) is 12.0 Å². The molecule has 1 aromatic rings. The van der Waals surface area contributed by atoms with E-state index in [9.17, 15) is 31.7 Å². The van der Waals surface area contributed by atoms with Crippen molar-refractivity contribution in [2.45, 2.75) is 12.6 Å². The lowest BCUT2D eigenvalue weighted by atomic mass is 10.2. The van der Waals surface area contributed by atoms with Crippen LogP contribution < -0.4 is 4.74 Å². The highest BCUT2D eigenvalue weighted by molar-refractivity contribution is 8.13. The van der Waals surface area contributed by atoms with Gasteiger partial charge in [0.2, 0.25) is 9.05 Å². The van der Waals surface area contributed by atoms with Gasteiger partial charge in [0.25, 0.3) is 0 Å². The van der Waals surface area contributed by atoms with Crippen LogP contribution >= 0.6 is 10.7 Å². The number of hydrogen-bond acceptors (Lipinski definition) is 5. The van der Waals surface area contributed by atoms with E-state index in [0.29, 0.717) is 12.1 Å². The lowest BCUT2D eigenvalue weighted by Crippen LogP contribution is -2.08. The highest BCUT2D eigenvalue weighted by Gasteiger charge is 2.33. The molecular weight excluding hydrogens is 339 g/mol. The Labute approximate surface area is 122 Å². The average molecular weight is 348 g/mol. The minimum absolute atomic E-state index is 0.0516. The normalized spacial score (nSPS) is 12.2. The molecule has 0 aliphatic rings. The Kier molecular flexibility index (Phi) is 5.40. The molecule has 0 saturated carbocycles. The number of rotatable bonds is 6. The monoisotopic (exact) mass is 347 g/mol. The van der Waals surface area contributed by atoms with E-state index in [0.717, 1.165) is 6.07 Å². The molecule has 0 aliphatic heterocycles. The zero-order chi connectivity index (χ0) is 16.3. The molecule has 0 saturated heterocycles. The molecule has 0 aliphatic carbocycles. The molecule has 0 N–H and O–H groups in total. The van der Waals surface area contributed by atoms with Crippen LogP contribution in [0.5, 0.6) is 5.75 Å². The quantitative estimate of drug-likeness (QED) is 0.342. The van der Waals surface area contributed by atoms with E-state index < -0.39 is 37.2 Å². The van der Waals surface area contributed by atoms with Gasteiger partial charge < -0.3 is 4.74 Å². The molecule has 11 heteroatoms. The third-order valence-corrected chi connectivity index (χ3v) is 3.51. The number of nitro benzene ring substituents is 1. The van der Waals surface area contributed by atoms with Crippen LogP contribution in [-0.2, 0) is 15.2 Å². The van der Waals surface area contributed by atoms with Crippen molar-refractivity contribution in [3.63, 3.8) is 0 Å². The average Bonchev–Trinajstić information content (AvgIpc) is 2.32. The Morgan fingerprint density at radius 2 is 1.95 bits per heavy atom. The smallest absolute Gasteiger partial charge is 0.416 e. The number of nitrogens with zero attached hydrogens (tertiary/aromatic N) is 1. The van der Waals surface area contributed by atoms with E-state index in [1.165, 1.54) is 0 Å². The zero-order valence-electron chi connectivity index (χ0n) is 10.3. The van der Waals surface area contributed by atoms with Gasteiger partial charge in [-0.15, -0.1) is 0 Å². The highest BCUT2D eigenvalue weighted by atomic mass is 35.7. The number of hydrogen-bond donors (Lipinski definition) is 0. The van der Waals surface area contributed by atoms with Crippen LogP contribution in [0.15, 0.2) is 18.2 Å². The molecule has 1 aromatic carbocycles. The van der Waals surface area contributed by atoms with Crippen molar-refractivity contribution in [3.8, 4) is 5.75 Å². The van der Waals surface area contributed by atoms with Crippen LogP contribution in [0.2, 0.25) is 0 Å². The molecule has 0 spiro atoms. The fourth-order valence-corrected chi connectivity index (χ4v) is 2.16. The standard InChI is InChI=1S/C10H9ClF3NO5S/c11-21(18,19)5-1-4-20-9-3-2-7(10(12,13)14)6-8(9)15(16)17/h2-3,6H,1,4-5H2. The first-order chi connectivity index (χ1) is 9.50. The molecule has 0 radical (unpaired) electrons. The van der Waals surface area contributed by atoms with E-state index in [-0.39, 0.29) is 18.8 Å². The summed E-state index contributed by atoms with van der Waals surface area (Å²) in [6.07, 6.45) is -4.76. The zero-order valence-corrected chi connectivity index (χ0v) is 11.8. The summed E-state index contributed by atoms with van der Waals surface area (Å²) >= 11 is 0. The molecule has 0 amide bonds. The van der Waals surface area contributed by atoms with Gasteiger partial charge in [0, 0.05) is 16.7 Å². The third-order valence-electron chi connectivity index (χ3n) is 2.27. The Balaban J connectivity index is 2.85. The number of alkyl halides is 3. The molecular formula is C10H9ClF3NO5S. The summed E-state index contributed by atoms with van der Waals surface area (Å²) in [5.41, 5.74) is -2.02. The second kappa shape index (κ2) is 6.48. The summed E-state index contributed by atoms with van der Waals surface area (Å²) in [5, 5.41) is 10.7. The van der Waals surface area contributed by atoms with Gasteiger partial charge in [-0.25, -0.2) is 8.42 Å². The summed E-state index contributed by atoms with van der Waals surface area (Å²) in [6, 6.07) is 1.81. The number of ether oxygens (including phenoxy) is 1. The molecule has 21 heavy (non-hydrogen) atoms. The SMILES string of the molecule is O=[N+]([O-])c1cc(C(F)(F)F)ccc1OCCCS(=O)(=O)Cl. The van der Waals surface area contributed by atoms with Crippen molar-refractivity contribution in [1.82, 2.24) is 0 Å². The fraction of sp³-hybridized carbons (Fsp3) is 0.400. The summed E-state index contributed by atoms with van der Waals surface area (Å²) < 4.78 is 63.6. The van der Waals surface area contributed by atoms with Crippen molar-refractivity contribution >= 4 is 25.4 Å². The maximum Gasteiger partial charge on any atom is 0.416 e. The van der Waals surface area contributed by atoms with Crippen molar-refractivity contribution in [3.05, 3.63) is 33.9 Å². The molecule has 118 valence electrons. The Bertz CT molecular complexity index is 632. The second-order valence-electron chi connectivity index (χ2n) is 3.88. The molecule has 0 unspecified atom stereocenters. The maximum atomic E-state index is 12.5. The largest absolute Gasteiger partial charge is 0.487 e. The number of halogens is 4. The van der Waals surface area contributed by atoms with Crippen molar-refractivity contribution in [2.24, 2.45) is 0 Å². The van der Waals surface area contributed by atoms with Crippen LogP contribution in [-0.4, -0.2) is 25.7 Å². The summed E-state index contributed by atoms with van der Waals surface area (Å²) in [6.45, 7) is -0.238. The Morgan fingerprint density at radius 1 is 1.33 bits per heavy atom. The van der Waals surface area contributed by atoms with Crippen LogP contribution in [0.4, 0.5) is 18.9 Å². The van der Waals surface area contributed by atoms with E-state index >= 15 is 0 Å². The van der Waals surface area contributed by atoms with Crippen LogP contribution in [0.3, 0.4) is 0 Å². The molecule has 0 bridgehead atoms. The maximum absolute atomic E-state index is 12.5. The lowest BCUT2D eigenvalue weighted by Gasteiger charge is -2.09. The molecule has 0 aromatic heterocycles. The van der Waals surface area contributed by atoms with Crippen LogP contribution in [0.25, 0.3) is 0 Å². The molecule has 0 heterocycles. The van der Waals surface area contributed by atoms with Gasteiger partial charge in [0.05, 0.1) is 22.8 Å². The predicted molar refractivity (Wildman–Crippen MR) is 67.9 cm³/mol. The van der Waals surface area contributed by atoms with E-state index in [4.69, 9.17) is 15.4 Å². The van der Waals surface area contributed by atoms with Gasteiger partial charge in [-0.05, 0) is 18.6 Å².